The van der Waals surface area contributed by atoms with Crippen LogP contribution in [0.15, 0.2) is 24.3 Å². The number of rotatable bonds is 1. The smallest absolute Gasteiger partial charge is 0.220 e. The molecule has 0 radical (unpaired) electrons. The summed E-state index contributed by atoms with van der Waals surface area (Å²) in [5.74, 6) is -0.296. The van der Waals surface area contributed by atoms with Crippen molar-refractivity contribution in [3.63, 3.8) is 0 Å². The van der Waals surface area contributed by atoms with Crippen molar-refractivity contribution in [3.8, 4) is 0 Å². The topological polar surface area (TPSA) is 29.5 Å². The van der Waals surface area contributed by atoms with Gasteiger partial charge in [0.05, 0.1) is 18.7 Å². The van der Waals surface area contributed by atoms with Crippen molar-refractivity contribution in [2.75, 3.05) is 13.2 Å². The Morgan fingerprint density at radius 3 is 2.72 bits per heavy atom. The molecule has 3 nitrogen and oxygen atoms in total. The first-order valence-corrected chi connectivity index (χ1v) is 6.06. The molecule has 2 rings (SSSR count). The molecule has 98 valence electrons. The summed E-state index contributed by atoms with van der Waals surface area (Å²) >= 11 is 0. The Kier molecular flexibility index (Phi) is 3.39. The van der Waals surface area contributed by atoms with Crippen LogP contribution >= 0.6 is 0 Å². The lowest BCUT2D eigenvalue weighted by molar-refractivity contribution is -0.152. The van der Waals surface area contributed by atoms with Crippen molar-refractivity contribution in [1.82, 2.24) is 4.90 Å². The molecule has 0 saturated carbocycles. The van der Waals surface area contributed by atoms with E-state index in [4.69, 9.17) is 4.74 Å². The molecule has 1 atom stereocenters. The van der Waals surface area contributed by atoms with E-state index in [9.17, 15) is 9.18 Å². The normalized spacial score (nSPS) is 22.9. The van der Waals surface area contributed by atoms with Crippen LogP contribution in [0.4, 0.5) is 4.39 Å². The van der Waals surface area contributed by atoms with Crippen LogP contribution in [0.5, 0.6) is 0 Å². The number of carbonyl (C=O) groups excluding carboxylic acids is 1. The zero-order chi connectivity index (χ0) is 13.3. The van der Waals surface area contributed by atoms with Crippen LogP contribution in [0, 0.1) is 5.82 Å². The van der Waals surface area contributed by atoms with E-state index in [2.05, 4.69) is 0 Å². The minimum Gasteiger partial charge on any atom is -0.369 e. The molecule has 0 spiro atoms. The number of amides is 1. The van der Waals surface area contributed by atoms with Crippen molar-refractivity contribution >= 4 is 5.91 Å². The number of morpholine rings is 1. The first-order chi connectivity index (χ1) is 8.42. The Balaban J connectivity index is 2.24. The quantitative estimate of drug-likeness (QED) is 0.767. The molecule has 1 aromatic rings. The van der Waals surface area contributed by atoms with Gasteiger partial charge in [-0.25, -0.2) is 4.39 Å². The van der Waals surface area contributed by atoms with Gasteiger partial charge in [0, 0.05) is 12.5 Å². The maximum absolute atomic E-state index is 13.7. The van der Waals surface area contributed by atoms with Gasteiger partial charge in [-0.2, -0.15) is 0 Å². The highest BCUT2D eigenvalue weighted by Crippen LogP contribution is 2.31. The highest BCUT2D eigenvalue weighted by atomic mass is 19.1. The molecule has 1 aliphatic rings. The lowest BCUT2D eigenvalue weighted by Crippen LogP contribution is -2.55. The molecule has 4 heteroatoms. The first kappa shape index (κ1) is 13.0. The highest BCUT2D eigenvalue weighted by molar-refractivity contribution is 5.74. The number of halogens is 1. The maximum Gasteiger partial charge on any atom is 0.220 e. The predicted octanol–water partition coefficient (Wildman–Crippen LogP) is 2.52. The summed E-state index contributed by atoms with van der Waals surface area (Å²) < 4.78 is 19.4. The maximum atomic E-state index is 13.7. The van der Waals surface area contributed by atoms with E-state index in [1.165, 1.54) is 13.0 Å². The average Bonchev–Trinajstić information content (AvgIpc) is 2.29. The van der Waals surface area contributed by atoms with Crippen molar-refractivity contribution in [1.29, 1.82) is 0 Å². The Morgan fingerprint density at radius 1 is 1.44 bits per heavy atom. The molecular weight excluding hydrogens is 233 g/mol. The van der Waals surface area contributed by atoms with Crippen LogP contribution in [-0.2, 0) is 9.53 Å². The summed E-state index contributed by atoms with van der Waals surface area (Å²) in [5.41, 5.74) is 0.174. The van der Waals surface area contributed by atoms with Gasteiger partial charge in [0.2, 0.25) is 5.91 Å². The molecule has 0 aromatic heterocycles. The van der Waals surface area contributed by atoms with Gasteiger partial charge >= 0.3 is 0 Å². The summed E-state index contributed by atoms with van der Waals surface area (Å²) in [6, 6.07) is 6.54. The molecule has 0 bridgehead atoms. The minimum atomic E-state index is -0.386. The van der Waals surface area contributed by atoms with Crippen LogP contribution in [0.2, 0.25) is 0 Å². The van der Waals surface area contributed by atoms with Crippen LogP contribution in [0.25, 0.3) is 0 Å². The molecule has 1 fully saturated rings. The Bertz CT molecular complexity index is 459. The largest absolute Gasteiger partial charge is 0.369 e. The molecule has 0 N–H and O–H groups in total. The Hall–Kier alpha value is -1.42. The number of benzene rings is 1. The number of hydrogen-bond donors (Lipinski definition) is 0. The summed E-state index contributed by atoms with van der Waals surface area (Å²) in [7, 11) is 0. The molecule has 1 amide bonds. The minimum absolute atomic E-state index is 0.00959. The molecule has 1 aliphatic heterocycles. The van der Waals surface area contributed by atoms with Crippen LogP contribution in [-0.4, -0.2) is 29.5 Å². The number of hydrogen-bond acceptors (Lipinski definition) is 2. The van der Waals surface area contributed by atoms with Gasteiger partial charge in [-0.05, 0) is 19.9 Å². The fourth-order valence-corrected chi connectivity index (χ4v) is 2.33. The molecule has 1 saturated heterocycles. The fourth-order valence-electron chi connectivity index (χ4n) is 2.33. The van der Waals surface area contributed by atoms with Gasteiger partial charge in [-0.15, -0.1) is 0 Å². The standard InChI is InChI=1S/C14H18FNO2/c1-10(17)16-8-13(18-9-14(16,2)3)11-6-4-5-7-12(11)15/h4-7,13H,8-9H2,1-3H3. The van der Waals surface area contributed by atoms with Gasteiger partial charge in [0.1, 0.15) is 11.9 Å². The fraction of sp³-hybridized carbons (Fsp3) is 0.500. The summed E-state index contributed by atoms with van der Waals surface area (Å²) in [6.07, 6.45) is -0.386. The second-order valence-corrected chi connectivity index (χ2v) is 5.26. The summed E-state index contributed by atoms with van der Waals surface area (Å²) in [5, 5.41) is 0. The van der Waals surface area contributed by atoms with E-state index in [1.54, 1.807) is 23.1 Å². The summed E-state index contributed by atoms with van der Waals surface area (Å²) in [4.78, 5) is 13.4. The lowest BCUT2D eigenvalue weighted by atomic mass is 9.98. The van der Waals surface area contributed by atoms with E-state index >= 15 is 0 Å². The van der Waals surface area contributed by atoms with Gasteiger partial charge < -0.3 is 9.64 Å². The SMILES string of the molecule is CC(=O)N1CC(c2ccccc2F)OCC1(C)C. The van der Waals surface area contributed by atoms with Gasteiger partial charge in [-0.1, -0.05) is 18.2 Å². The van der Waals surface area contributed by atoms with E-state index in [-0.39, 0.29) is 23.4 Å². The van der Waals surface area contributed by atoms with Crippen molar-refractivity contribution in [2.45, 2.75) is 32.4 Å². The van der Waals surface area contributed by atoms with Gasteiger partial charge in [0.25, 0.3) is 0 Å². The van der Waals surface area contributed by atoms with Crippen molar-refractivity contribution in [3.05, 3.63) is 35.6 Å². The van der Waals surface area contributed by atoms with E-state index < -0.39 is 0 Å². The second-order valence-electron chi connectivity index (χ2n) is 5.26. The number of ether oxygens (including phenoxy) is 1. The number of nitrogens with zero attached hydrogens (tertiary/aromatic N) is 1. The molecule has 1 heterocycles. The molecule has 1 unspecified atom stereocenters. The van der Waals surface area contributed by atoms with Gasteiger partial charge in [-0.3, -0.25) is 4.79 Å². The first-order valence-electron chi connectivity index (χ1n) is 6.06. The number of carbonyl (C=O) groups is 1. The zero-order valence-corrected chi connectivity index (χ0v) is 10.9. The second kappa shape index (κ2) is 4.69. The molecule has 1 aromatic carbocycles. The third kappa shape index (κ3) is 2.38. The van der Waals surface area contributed by atoms with Crippen LogP contribution < -0.4 is 0 Å². The van der Waals surface area contributed by atoms with Crippen LogP contribution in [0.3, 0.4) is 0 Å². The van der Waals surface area contributed by atoms with Crippen molar-refractivity contribution < 1.29 is 13.9 Å². The molecule has 0 aliphatic carbocycles. The zero-order valence-electron chi connectivity index (χ0n) is 10.9. The molecule has 18 heavy (non-hydrogen) atoms. The third-order valence-electron chi connectivity index (χ3n) is 3.35. The molecular formula is C14H18FNO2. The monoisotopic (exact) mass is 251 g/mol. The van der Waals surface area contributed by atoms with Crippen molar-refractivity contribution in [2.24, 2.45) is 0 Å². The lowest BCUT2D eigenvalue weighted by Gasteiger charge is -2.45. The highest BCUT2D eigenvalue weighted by Gasteiger charge is 2.37. The van der Waals surface area contributed by atoms with Gasteiger partial charge in [0.15, 0.2) is 0 Å². The van der Waals surface area contributed by atoms with E-state index in [0.29, 0.717) is 18.7 Å². The van der Waals surface area contributed by atoms with Crippen LogP contribution in [0.1, 0.15) is 32.4 Å². The predicted molar refractivity (Wildman–Crippen MR) is 66.6 cm³/mol. The van der Waals surface area contributed by atoms with E-state index in [1.807, 2.05) is 13.8 Å². The average molecular weight is 251 g/mol. The third-order valence-corrected chi connectivity index (χ3v) is 3.35. The Morgan fingerprint density at radius 2 is 2.11 bits per heavy atom. The van der Waals surface area contributed by atoms with E-state index in [0.717, 1.165) is 0 Å². The summed E-state index contributed by atoms with van der Waals surface area (Å²) in [6.45, 7) is 6.23. The Labute approximate surface area is 107 Å².